The number of halogens is 1. The number of anilines is 1. The van der Waals surface area contributed by atoms with E-state index >= 15 is 0 Å². The molecule has 0 aliphatic carbocycles. The second-order valence-electron chi connectivity index (χ2n) is 7.01. The number of nitrogens with zero attached hydrogens (tertiary/aromatic N) is 3. The molecular formula is C27H24FN5. The summed E-state index contributed by atoms with van der Waals surface area (Å²) in [6.07, 6.45) is 13.6. The number of allylic oxidation sites excluding steroid dienone is 2. The summed E-state index contributed by atoms with van der Waals surface area (Å²) in [7, 11) is 0. The Kier molecular flexibility index (Phi) is 7.51. The van der Waals surface area contributed by atoms with E-state index in [1.807, 2.05) is 43.3 Å². The van der Waals surface area contributed by atoms with Gasteiger partial charge in [-0.15, -0.1) is 12.8 Å². The highest BCUT2D eigenvalue weighted by Crippen LogP contribution is 2.28. The van der Waals surface area contributed by atoms with Crippen LogP contribution in [0.25, 0.3) is 27.7 Å². The van der Waals surface area contributed by atoms with Crippen molar-refractivity contribution in [3.63, 3.8) is 0 Å². The number of hydrogen-bond acceptors (Lipinski definition) is 4. The Hall–Kier alpha value is -4.50. The lowest BCUT2D eigenvalue weighted by atomic mass is 10.0. The molecule has 0 aliphatic heterocycles. The van der Waals surface area contributed by atoms with Crippen molar-refractivity contribution >= 4 is 28.5 Å². The molecule has 0 spiro atoms. The summed E-state index contributed by atoms with van der Waals surface area (Å²) in [6.45, 7) is 5.53. The van der Waals surface area contributed by atoms with Crippen molar-refractivity contribution in [2.24, 2.45) is 4.99 Å². The van der Waals surface area contributed by atoms with Gasteiger partial charge in [-0.1, -0.05) is 36.9 Å². The van der Waals surface area contributed by atoms with Gasteiger partial charge in [-0.3, -0.25) is 9.98 Å². The number of aromatic amines is 1. The van der Waals surface area contributed by atoms with Crippen LogP contribution in [0, 0.1) is 18.7 Å². The molecule has 164 valence electrons. The maximum atomic E-state index is 13.3. The number of aromatic nitrogens is 3. The lowest BCUT2D eigenvalue weighted by molar-refractivity contribution is 0.628. The zero-order chi connectivity index (χ0) is 23.8. The summed E-state index contributed by atoms with van der Waals surface area (Å²) in [5, 5.41) is 0. The number of fused-ring (bicyclic) bond motifs is 1. The van der Waals surface area contributed by atoms with Crippen molar-refractivity contribution in [2.45, 2.75) is 13.3 Å². The fourth-order valence-electron chi connectivity index (χ4n) is 3.42. The molecule has 0 fully saturated rings. The summed E-state index contributed by atoms with van der Waals surface area (Å²) in [5.74, 6) is 0.487. The Morgan fingerprint density at radius 2 is 1.88 bits per heavy atom. The molecule has 0 amide bonds. The number of hydrogen-bond donors (Lipinski definition) is 2. The molecule has 33 heavy (non-hydrogen) atoms. The third-order valence-electron chi connectivity index (χ3n) is 4.99. The van der Waals surface area contributed by atoms with Gasteiger partial charge in [0, 0.05) is 23.6 Å². The molecule has 2 aromatic heterocycles. The number of nitrogens with two attached hydrogens (primary N) is 1. The quantitative estimate of drug-likeness (QED) is 0.295. The highest BCUT2D eigenvalue weighted by atomic mass is 19.1. The Morgan fingerprint density at radius 3 is 2.58 bits per heavy atom. The van der Waals surface area contributed by atoms with Gasteiger partial charge in [0.1, 0.15) is 11.6 Å². The third kappa shape index (κ3) is 5.23. The minimum absolute atomic E-state index is 0.265. The van der Waals surface area contributed by atoms with E-state index < -0.39 is 0 Å². The second kappa shape index (κ2) is 10.7. The molecule has 0 aliphatic rings. The predicted octanol–water partition coefficient (Wildman–Crippen LogP) is 5.80. The number of para-hydroxylation sites is 1. The number of nitrogens with one attached hydrogen (secondary N) is 1. The number of imidazole rings is 1. The number of terminal acetylenes is 1. The van der Waals surface area contributed by atoms with Crippen LogP contribution < -0.4 is 5.73 Å². The van der Waals surface area contributed by atoms with Crippen LogP contribution in [-0.2, 0) is 6.42 Å². The highest BCUT2D eigenvalue weighted by molar-refractivity contribution is 6.09. The van der Waals surface area contributed by atoms with Crippen LogP contribution in [0.15, 0.2) is 78.4 Å². The molecule has 3 N–H and O–H groups in total. The molecule has 4 aromatic rings. The molecule has 0 radical (unpaired) electrons. The number of benzene rings is 2. The van der Waals surface area contributed by atoms with Gasteiger partial charge in [0.15, 0.2) is 0 Å². The van der Waals surface area contributed by atoms with E-state index in [0.29, 0.717) is 12.1 Å². The van der Waals surface area contributed by atoms with E-state index in [9.17, 15) is 4.39 Å². The number of pyridine rings is 1. The summed E-state index contributed by atoms with van der Waals surface area (Å²) in [6, 6.07) is 16.0. The number of H-pyrrole nitrogens is 1. The summed E-state index contributed by atoms with van der Waals surface area (Å²) in [4.78, 5) is 17.0. The molecule has 2 heterocycles. The minimum Gasteiger partial charge on any atom is -0.397 e. The van der Waals surface area contributed by atoms with Crippen LogP contribution in [0.2, 0.25) is 0 Å². The van der Waals surface area contributed by atoms with Crippen molar-refractivity contribution in [1.29, 1.82) is 0 Å². The molecule has 0 atom stereocenters. The maximum Gasteiger partial charge on any atom is 0.123 e. The zero-order valence-corrected chi connectivity index (χ0v) is 18.3. The van der Waals surface area contributed by atoms with Crippen LogP contribution in [-0.4, -0.2) is 21.2 Å². The van der Waals surface area contributed by atoms with Gasteiger partial charge in [-0.05, 0) is 42.8 Å². The van der Waals surface area contributed by atoms with Gasteiger partial charge in [0.25, 0.3) is 0 Å². The Labute approximate surface area is 192 Å². The van der Waals surface area contributed by atoms with Gasteiger partial charge >= 0.3 is 0 Å². The fraction of sp³-hybridized carbons (Fsp3) is 0.0741. The van der Waals surface area contributed by atoms with Crippen molar-refractivity contribution < 1.29 is 4.39 Å². The van der Waals surface area contributed by atoms with Gasteiger partial charge in [-0.2, -0.15) is 0 Å². The maximum absolute atomic E-state index is 13.3. The average Bonchev–Trinajstić information content (AvgIpc) is 3.26. The van der Waals surface area contributed by atoms with E-state index in [1.54, 1.807) is 18.3 Å². The normalized spacial score (nSPS) is 11.3. The summed E-state index contributed by atoms with van der Waals surface area (Å²) < 4.78 is 13.3. The molecule has 0 saturated heterocycles. The molecule has 0 bridgehead atoms. The van der Waals surface area contributed by atoms with Crippen LogP contribution in [0.5, 0.6) is 0 Å². The molecule has 4 rings (SSSR count). The molecule has 5 nitrogen and oxygen atoms in total. The minimum atomic E-state index is -0.265. The fourth-order valence-corrected chi connectivity index (χ4v) is 3.42. The molecule has 2 aromatic carbocycles. The van der Waals surface area contributed by atoms with Crippen LogP contribution >= 0.6 is 0 Å². The van der Waals surface area contributed by atoms with Crippen LogP contribution in [0.4, 0.5) is 10.1 Å². The van der Waals surface area contributed by atoms with Gasteiger partial charge in [0.2, 0.25) is 0 Å². The molecule has 0 saturated carbocycles. The first kappa shape index (κ1) is 23.2. The predicted molar refractivity (Wildman–Crippen MR) is 135 cm³/mol. The molecule has 0 unspecified atom stereocenters. The number of aliphatic imine (C=N–C) groups is 1. The largest absolute Gasteiger partial charge is 0.397 e. The van der Waals surface area contributed by atoms with Gasteiger partial charge < -0.3 is 10.7 Å². The summed E-state index contributed by atoms with van der Waals surface area (Å²) in [5.41, 5.74) is 12.8. The van der Waals surface area contributed by atoms with Crippen molar-refractivity contribution in [3.8, 4) is 24.0 Å². The molecular weight excluding hydrogens is 413 g/mol. The molecule has 6 heteroatoms. The van der Waals surface area contributed by atoms with E-state index in [-0.39, 0.29) is 5.82 Å². The first-order valence-corrected chi connectivity index (χ1v) is 10.2. The average molecular weight is 438 g/mol. The Balaban J connectivity index is 0.00000149. The lowest BCUT2D eigenvalue weighted by Crippen LogP contribution is -2.03. The third-order valence-corrected chi connectivity index (χ3v) is 4.99. The topological polar surface area (TPSA) is 80.0 Å². The lowest BCUT2D eigenvalue weighted by Gasteiger charge is -2.07. The van der Waals surface area contributed by atoms with E-state index in [0.717, 1.165) is 44.9 Å². The van der Waals surface area contributed by atoms with E-state index in [4.69, 9.17) is 15.7 Å². The van der Waals surface area contributed by atoms with Crippen LogP contribution in [0.3, 0.4) is 0 Å². The van der Waals surface area contributed by atoms with Crippen molar-refractivity contribution in [1.82, 2.24) is 15.0 Å². The smallest absolute Gasteiger partial charge is 0.123 e. The summed E-state index contributed by atoms with van der Waals surface area (Å²) >= 11 is 0. The monoisotopic (exact) mass is 437 g/mol. The van der Waals surface area contributed by atoms with Gasteiger partial charge in [-0.25, -0.2) is 9.37 Å². The van der Waals surface area contributed by atoms with E-state index in [1.165, 1.54) is 18.3 Å². The second-order valence-corrected chi connectivity index (χ2v) is 7.01. The van der Waals surface area contributed by atoms with Crippen molar-refractivity contribution in [3.05, 3.63) is 96.5 Å². The van der Waals surface area contributed by atoms with E-state index in [2.05, 4.69) is 29.4 Å². The zero-order valence-electron chi connectivity index (χ0n) is 18.3. The Morgan fingerprint density at radius 1 is 1.12 bits per heavy atom. The number of nitrogen functional groups attached to an aromatic ring is 1. The first-order chi connectivity index (χ1) is 16.1. The SMILES string of the molecule is C#C.C=CN=C/C(=C\C)c1ccc(N)c(Cc2nc3c(-c4ccc(F)cc4)cccc3[nH]2)n1. The highest BCUT2D eigenvalue weighted by Gasteiger charge is 2.13. The standard InChI is InChI=1S/C25H22FN5.C2H2/c1-3-16(15-28-4-2)21-13-12-20(27)23(29-21)14-24-30-22-7-5-6-19(25(22)31-24)17-8-10-18(26)11-9-17;1-2/h3-13,15H,2,14,27H2,1H3,(H,30,31);1-2H/b16-3+,28-15?;. The van der Waals surface area contributed by atoms with Gasteiger partial charge in [0.05, 0.1) is 34.5 Å². The Bertz CT molecular complexity index is 1340. The van der Waals surface area contributed by atoms with Crippen LogP contribution in [0.1, 0.15) is 24.1 Å². The first-order valence-electron chi connectivity index (χ1n) is 10.2. The van der Waals surface area contributed by atoms with Crippen molar-refractivity contribution in [2.75, 3.05) is 5.73 Å². The number of rotatable bonds is 6.